The molecule has 1 aromatic rings. The Bertz CT molecular complexity index is 646. The molecule has 3 fully saturated rings. The number of nitrogens with zero attached hydrogens (tertiary/aromatic N) is 4. The molecule has 3 amide bonds. The van der Waals surface area contributed by atoms with Crippen LogP contribution in [0, 0.1) is 0 Å². The number of hydrogen-bond acceptors (Lipinski definition) is 3. The predicted molar refractivity (Wildman–Crippen MR) is 93.2 cm³/mol. The summed E-state index contributed by atoms with van der Waals surface area (Å²) in [4.78, 5) is 27.7. The molecule has 0 aromatic carbocycles. The van der Waals surface area contributed by atoms with Crippen molar-refractivity contribution in [3.63, 3.8) is 0 Å². The first-order chi connectivity index (χ1) is 12.1. The molecule has 7 nitrogen and oxygen atoms in total. The fourth-order valence-corrected chi connectivity index (χ4v) is 4.17. The number of urea groups is 1. The maximum Gasteiger partial charge on any atom is 0.320 e. The second kappa shape index (κ2) is 6.69. The Balaban J connectivity index is 1.30. The van der Waals surface area contributed by atoms with Crippen molar-refractivity contribution in [1.82, 2.24) is 24.9 Å². The van der Waals surface area contributed by atoms with Gasteiger partial charge < -0.3 is 15.1 Å². The van der Waals surface area contributed by atoms with E-state index in [1.807, 2.05) is 16.0 Å². The molecule has 1 aliphatic carbocycles. The van der Waals surface area contributed by atoms with Gasteiger partial charge in [-0.2, -0.15) is 5.10 Å². The molecule has 1 unspecified atom stereocenters. The molecule has 3 heterocycles. The zero-order valence-corrected chi connectivity index (χ0v) is 14.9. The normalized spacial score (nSPS) is 24.6. The van der Waals surface area contributed by atoms with Gasteiger partial charge in [-0.25, -0.2) is 4.79 Å². The van der Waals surface area contributed by atoms with Gasteiger partial charge in [-0.1, -0.05) is 0 Å². The highest BCUT2D eigenvalue weighted by atomic mass is 16.2. The lowest BCUT2D eigenvalue weighted by Gasteiger charge is -2.35. The summed E-state index contributed by atoms with van der Waals surface area (Å²) in [6.07, 6.45) is 7.27. The minimum atomic E-state index is -0.0224. The fraction of sp³-hybridized carbons (Fsp3) is 0.722. The summed E-state index contributed by atoms with van der Waals surface area (Å²) in [5.41, 5.74) is 1.38. The van der Waals surface area contributed by atoms with Crippen molar-refractivity contribution in [2.24, 2.45) is 0 Å². The Labute approximate surface area is 148 Å². The number of piperidine rings is 1. The van der Waals surface area contributed by atoms with E-state index in [1.54, 1.807) is 0 Å². The number of aromatic nitrogens is 2. The van der Waals surface area contributed by atoms with Crippen molar-refractivity contribution in [1.29, 1.82) is 0 Å². The minimum absolute atomic E-state index is 0.0224. The largest absolute Gasteiger partial charge is 0.352 e. The first-order valence-corrected chi connectivity index (χ1v) is 9.46. The van der Waals surface area contributed by atoms with E-state index in [2.05, 4.69) is 21.2 Å². The summed E-state index contributed by atoms with van der Waals surface area (Å²) >= 11 is 0. The summed E-state index contributed by atoms with van der Waals surface area (Å²) in [6, 6.07) is 2.79. The molecule has 25 heavy (non-hydrogen) atoms. The van der Waals surface area contributed by atoms with E-state index in [0.29, 0.717) is 18.5 Å². The Morgan fingerprint density at radius 2 is 1.80 bits per heavy atom. The van der Waals surface area contributed by atoms with Crippen LogP contribution in [-0.4, -0.2) is 63.7 Å². The van der Waals surface area contributed by atoms with Crippen LogP contribution in [0.25, 0.3) is 0 Å². The third-order valence-corrected chi connectivity index (χ3v) is 5.64. The highest BCUT2D eigenvalue weighted by molar-refractivity contribution is 5.76. The molecule has 0 spiro atoms. The molecule has 1 saturated carbocycles. The van der Waals surface area contributed by atoms with Gasteiger partial charge in [-0.3, -0.25) is 9.48 Å². The van der Waals surface area contributed by atoms with E-state index in [0.717, 1.165) is 38.9 Å². The minimum Gasteiger partial charge on any atom is -0.352 e. The van der Waals surface area contributed by atoms with E-state index in [9.17, 15) is 9.59 Å². The average Bonchev–Trinajstić information content (AvgIpc) is 3.15. The van der Waals surface area contributed by atoms with Crippen molar-refractivity contribution in [3.8, 4) is 0 Å². The first-order valence-electron chi connectivity index (χ1n) is 9.46. The van der Waals surface area contributed by atoms with Gasteiger partial charge in [0.1, 0.15) is 0 Å². The standard InChI is InChI=1S/C18H27N5O2/c1-13(24)20-15-5-9-22(12-15)18(25)21-10-6-16(7-11-21)23-17(4-8-19-23)14-2-3-14/h4,8,14-16H,2-3,5-7,9-12H2,1H3,(H,20,24). The highest BCUT2D eigenvalue weighted by Crippen LogP contribution is 2.41. The molecular formula is C18H27N5O2. The number of nitrogens with one attached hydrogen (secondary N) is 1. The molecule has 1 N–H and O–H groups in total. The molecule has 0 radical (unpaired) electrons. The van der Waals surface area contributed by atoms with Crippen LogP contribution < -0.4 is 5.32 Å². The topological polar surface area (TPSA) is 70.5 Å². The van der Waals surface area contributed by atoms with Crippen LogP contribution in [0.1, 0.15) is 56.7 Å². The molecular weight excluding hydrogens is 318 g/mol. The Morgan fingerprint density at radius 3 is 2.48 bits per heavy atom. The summed E-state index contributed by atoms with van der Waals surface area (Å²) in [5.74, 6) is 0.684. The van der Waals surface area contributed by atoms with Gasteiger partial charge >= 0.3 is 6.03 Å². The van der Waals surface area contributed by atoms with Gasteiger partial charge in [0.25, 0.3) is 0 Å². The van der Waals surface area contributed by atoms with Crippen LogP contribution in [0.3, 0.4) is 0 Å². The van der Waals surface area contributed by atoms with Gasteiger partial charge in [0.05, 0.1) is 6.04 Å². The van der Waals surface area contributed by atoms with Crippen molar-refractivity contribution >= 4 is 11.9 Å². The Hall–Kier alpha value is -2.05. The molecule has 1 aromatic heterocycles. The van der Waals surface area contributed by atoms with E-state index < -0.39 is 0 Å². The summed E-state index contributed by atoms with van der Waals surface area (Å²) in [6.45, 7) is 4.46. The number of amides is 3. The van der Waals surface area contributed by atoms with E-state index in [-0.39, 0.29) is 18.0 Å². The van der Waals surface area contributed by atoms with Crippen molar-refractivity contribution < 1.29 is 9.59 Å². The number of rotatable bonds is 3. The Morgan fingerprint density at radius 1 is 1.08 bits per heavy atom. The van der Waals surface area contributed by atoms with E-state index in [4.69, 9.17) is 0 Å². The SMILES string of the molecule is CC(=O)NC1CCN(C(=O)N2CCC(n3nccc3C3CC3)CC2)C1. The fourth-order valence-electron chi connectivity index (χ4n) is 4.17. The van der Waals surface area contributed by atoms with E-state index in [1.165, 1.54) is 25.5 Å². The second-order valence-corrected chi connectivity index (χ2v) is 7.61. The molecule has 136 valence electrons. The maximum absolute atomic E-state index is 12.7. The molecule has 0 bridgehead atoms. The zero-order valence-electron chi connectivity index (χ0n) is 14.9. The quantitative estimate of drug-likeness (QED) is 0.907. The Kier molecular flexibility index (Phi) is 4.39. The highest BCUT2D eigenvalue weighted by Gasteiger charge is 2.34. The number of likely N-dealkylation sites (tertiary alicyclic amines) is 2. The van der Waals surface area contributed by atoms with Crippen molar-refractivity contribution in [2.75, 3.05) is 26.2 Å². The van der Waals surface area contributed by atoms with Crippen LogP contribution in [0.2, 0.25) is 0 Å². The van der Waals surface area contributed by atoms with Gasteiger partial charge in [-0.15, -0.1) is 0 Å². The summed E-state index contributed by atoms with van der Waals surface area (Å²) < 4.78 is 2.21. The third kappa shape index (κ3) is 3.50. The third-order valence-electron chi connectivity index (χ3n) is 5.64. The number of carbonyl (C=O) groups is 2. The summed E-state index contributed by atoms with van der Waals surface area (Å²) in [5, 5.41) is 7.46. The van der Waals surface area contributed by atoms with Gasteiger partial charge in [0.2, 0.25) is 5.91 Å². The molecule has 3 aliphatic rings. The predicted octanol–water partition coefficient (Wildman–Crippen LogP) is 1.73. The number of hydrogen-bond donors (Lipinski definition) is 1. The monoisotopic (exact) mass is 345 g/mol. The van der Waals surface area contributed by atoms with Gasteiger partial charge in [0, 0.05) is 57.0 Å². The van der Waals surface area contributed by atoms with Crippen LogP contribution in [-0.2, 0) is 4.79 Å². The number of carbonyl (C=O) groups excluding carboxylic acids is 2. The maximum atomic E-state index is 12.7. The molecule has 7 heteroatoms. The van der Waals surface area contributed by atoms with Crippen molar-refractivity contribution in [2.45, 2.75) is 57.0 Å². The second-order valence-electron chi connectivity index (χ2n) is 7.61. The molecule has 2 saturated heterocycles. The van der Waals surface area contributed by atoms with Gasteiger partial charge in [0.15, 0.2) is 0 Å². The van der Waals surface area contributed by atoms with Crippen LogP contribution in [0.15, 0.2) is 12.3 Å². The van der Waals surface area contributed by atoms with Crippen LogP contribution >= 0.6 is 0 Å². The molecule has 2 aliphatic heterocycles. The molecule has 4 rings (SSSR count). The first kappa shape index (κ1) is 16.4. The average molecular weight is 345 g/mol. The summed E-state index contributed by atoms with van der Waals surface area (Å²) in [7, 11) is 0. The lowest BCUT2D eigenvalue weighted by molar-refractivity contribution is -0.119. The molecule has 1 atom stereocenters. The van der Waals surface area contributed by atoms with E-state index >= 15 is 0 Å². The zero-order chi connectivity index (χ0) is 17.4. The van der Waals surface area contributed by atoms with Crippen LogP contribution in [0.5, 0.6) is 0 Å². The smallest absolute Gasteiger partial charge is 0.320 e. The van der Waals surface area contributed by atoms with Gasteiger partial charge in [-0.05, 0) is 38.2 Å². The van der Waals surface area contributed by atoms with Crippen molar-refractivity contribution in [3.05, 3.63) is 18.0 Å². The lowest BCUT2D eigenvalue weighted by atomic mass is 10.0. The van der Waals surface area contributed by atoms with Crippen LogP contribution in [0.4, 0.5) is 4.79 Å². The lowest BCUT2D eigenvalue weighted by Crippen LogP contribution is -2.47.